The van der Waals surface area contributed by atoms with Gasteiger partial charge in [0.2, 0.25) is 5.91 Å². The second-order valence-corrected chi connectivity index (χ2v) is 9.32. The predicted molar refractivity (Wildman–Crippen MR) is 95.5 cm³/mol. The standard InChI is InChI=1S/C17H22N4O5S/c22-16(10-20-6-7-26-17(20)23)21-5-4-19(9-13-2-1-3-18-8-13)14-11-27(24,25)12-15(14)21/h1-3,8,14-15H,4-7,9-12H2/t14-,15+/m1/s1. The topological polar surface area (TPSA) is 100 Å². The monoisotopic (exact) mass is 394 g/mol. The molecule has 1 aromatic heterocycles. The molecular formula is C17H22N4O5S. The quantitative estimate of drug-likeness (QED) is 0.669. The first kappa shape index (κ1) is 18.2. The molecule has 4 heterocycles. The molecular weight excluding hydrogens is 372 g/mol. The van der Waals surface area contributed by atoms with Crippen LogP contribution in [-0.4, -0.2) is 96.5 Å². The maximum Gasteiger partial charge on any atom is 0.410 e. The number of hydrogen-bond donors (Lipinski definition) is 0. The SMILES string of the molecule is O=C1OCCN1CC(=O)N1CCN(Cc2cccnc2)[C@@H]2CS(=O)(=O)C[C@@H]21. The highest BCUT2D eigenvalue weighted by atomic mass is 32.2. The normalized spacial score (nSPS) is 27.5. The third-order valence-corrected chi connectivity index (χ3v) is 7.09. The number of cyclic esters (lactones) is 1. The Morgan fingerprint density at radius 1 is 1.22 bits per heavy atom. The Morgan fingerprint density at radius 3 is 2.74 bits per heavy atom. The number of sulfone groups is 1. The van der Waals surface area contributed by atoms with Crippen LogP contribution < -0.4 is 0 Å². The summed E-state index contributed by atoms with van der Waals surface area (Å²) in [6, 6.07) is 3.19. The number of pyridine rings is 1. The molecule has 0 N–H and O–H groups in total. The smallest absolute Gasteiger partial charge is 0.410 e. The lowest BCUT2D eigenvalue weighted by Gasteiger charge is -2.44. The lowest BCUT2D eigenvalue weighted by Crippen LogP contribution is -2.61. The second-order valence-electron chi connectivity index (χ2n) is 7.17. The van der Waals surface area contributed by atoms with Crippen LogP contribution in [0.25, 0.3) is 0 Å². The van der Waals surface area contributed by atoms with Gasteiger partial charge in [0.15, 0.2) is 9.84 Å². The van der Waals surface area contributed by atoms with Crippen LogP contribution in [0.5, 0.6) is 0 Å². The van der Waals surface area contributed by atoms with Crippen molar-refractivity contribution in [2.24, 2.45) is 0 Å². The van der Waals surface area contributed by atoms with Crippen LogP contribution in [0.2, 0.25) is 0 Å². The number of aromatic nitrogens is 1. The Labute approximate surface area is 157 Å². The third-order valence-electron chi connectivity index (χ3n) is 5.39. The van der Waals surface area contributed by atoms with Crippen molar-refractivity contribution in [3.63, 3.8) is 0 Å². The molecule has 27 heavy (non-hydrogen) atoms. The van der Waals surface area contributed by atoms with Crippen LogP contribution in [0.4, 0.5) is 4.79 Å². The fraction of sp³-hybridized carbons (Fsp3) is 0.588. The molecule has 0 saturated carbocycles. The number of nitrogens with zero attached hydrogens (tertiary/aromatic N) is 4. The van der Waals surface area contributed by atoms with E-state index in [9.17, 15) is 18.0 Å². The Balaban J connectivity index is 1.49. The van der Waals surface area contributed by atoms with E-state index in [-0.39, 0.29) is 42.6 Å². The Hall–Kier alpha value is -2.20. The number of amides is 2. The minimum atomic E-state index is -3.21. The summed E-state index contributed by atoms with van der Waals surface area (Å²) in [5.74, 6) is -0.202. The van der Waals surface area contributed by atoms with E-state index in [2.05, 4.69) is 9.88 Å². The molecule has 0 unspecified atom stereocenters. The molecule has 9 nitrogen and oxygen atoms in total. The van der Waals surface area contributed by atoms with Gasteiger partial charge in [-0.3, -0.25) is 19.6 Å². The van der Waals surface area contributed by atoms with Crippen molar-refractivity contribution >= 4 is 21.8 Å². The van der Waals surface area contributed by atoms with Crippen molar-refractivity contribution in [2.45, 2.75) is 18.6 Å². The van der Waals surface area contributed by atoms with E-state index < -0.39 is 15.9 Å². The number of fused-ring (bicyclic) bond motifs is 1. The first-order valence-corrected chi connectivity index (χ1v) is 10.8. The van der Waals surface area contributed by atoms with Crippen LogP contribution in [0.15, 0.2) is 24.5 Å². The molecule has 0 aromatic carbocycles. The molecule has 146 valence electrons. The van der Waals surface area contributed by atoms with Crippen molar-refractivity contribution < 1.29 is 22.7 Å². The fourth-order valence-corrected chi connectivity index (χ4v) is 6.09. The van der Waals surface area contributed by atoms with Gasteiger partial charge in [0.05, 0.1) is 24.1 Å². The van der Waals surface area contributed by atoms with Gasteiger partial charge in [-0.1, -0.05) is 6.07 Å². The predicted octanol–water partition coefficient (Wildman–Crippen LogP) is -0.656. The molecule has 1 aromatic rings. The first-order valence-electron chi connectivity index (χ1n) is 8.97. The number of ether oxygens (including phenoxy) is 1. The van der Waals surface area contributed by atoms with Gasteiger partial charge in [-0.2, -0.15) is 0 Å². The molecule has 3 aliphatic rings. The Kier molecular flexibility index (Phi) is 4.77. The highest BCUT2D eigenvalue weighted by molar-refractivity contribution is 7.91. The van der Waals surface area contributed by atoms with E-state index in [0.717, 1.165) is 5.56 Å². The van der Waals surface area contributed by atoms with E-state index in [4.69, 9.17) is 4.74 Å². The summed E-state index contributed by atoms with van der Waals surface area (Å²) in [5.41, 5.74) is 1.01. The zero-order valence-corrected chi connectivity index (χ0v) is 15.7. The lowest BCUT2D eigenvalue weighted by atomic mass is 10.0. The van der Waals surface area contributed by atoms with Crippen molar-refractivity contribution in [1.29, 1.82) is 0 Å². The average Bonchev–Trinajstić information content (AvgIpc) is 3.18. The largest absolute Gasteiger partial charge is 0.448 e. The number of rotatable bonds is 4. The van der Waals surface area contributed by atoms with Gasteiger partial charge in [-0.15, -0.1) is 0 Å². The van der Waals surface area contributed by atoms with Crippen molar-refractivity contribution in [1.82, 2.24) is 19.7 Å². The van der Waals surface area contributed by atoms with Gasteiger partial charge in [0.1, 0.15) is 13.2 Å². The van der Waals surface area contributed by atoms with Gasteiger partial charge in [0, 0.05) is 38.1 Å². The van der Waals surface area contributed by atoms with E-state index in [1.165, 1.54) is 4.90 Å². The Bertz CT molecular complexity index is 831. The van der Waals surface area contributed by atoms with Crippen LogP contribution in [-0.2, 0) is 25.9 Å². The fourth-order valence-electron chi connectivity index (χ4n) is 4.08. The van der Waals surface area contributed by atoms with E-state index in [1.807, 2.05) is 12.1 Å². The number of carbonyl (C=O) groups is 2. The summed E-state index contributed by atoms with van der Waals surface area (Å²) >= 11 is 0. The molecule has 0 radical (unpaired) electrons. The summed E-state index contributed by atoms with van der Waals surface area (Å²) in [4.78, 5) is 33.6. The summed E-state index contributed by atoms with van der Waals surface area (Å²) < 4.78 is 29.5. The minimum Gasteiger partial charge on any atom is -0.448 e. The first-order chi connectivity index (χ1) is 12.9. The van der Waals surface area contributed by atoms with Crippen molar-refractivity contribution in [3.05, 3.63) is 30.1 Å². The highest BCUT2D eigenvalue weighted by Gasteiger charge is 2.48. The van der Waals surface area contributed by atoms with Crippen molar-refractivity contribution in [3.8, 4) is 0 Å². The van der Waals surface area contributed by atoms with Crippen LogP contribution in [0.1, 0.15) is 5.56 Å². The lowest BCUT2D eigenvalue weighted by molar-refractivity contribution is -0.137. The van der Waals surface area contributed by atoms with E-state index >= 15 is 0 Å². The van der Waals surface area contributed by atoms with Crippen LogP contribution in [0, 0.1) is 0 Å². The molecule has 3 fully saturated rings. The molecule has 10 heteroatoms. The average molecular weight is 394 g/mol. The zero-order chi connectivity index (χ0) is 19.0. The maximum atomic E-state index is 12.8. The van der Waals surface area contributed by atoms with Gasteiger partial charge in [-0.05, 0) is 11.6 Å². The second kappa shape index (κ2) is 7.08. The molecule has 3 aliphatic heterocycles. The molecule has 0 spiro atoms. The Morgan fingerprint density at radius 2 is 2.04 bits per heavy atom. The van der Waals surface area contributed by atoms with Gasteiger partial charge in [0.25, 0.3) is 0 Å². The third kappa shape index (κ3) is 3.77. The van der Waals surface area contributed by atoms with Gasteiger partial charge in [-0.25, -0.2) is 13.2 Å². The van der Waals surface area contributed by atoms with Crippen molar-refractivity contribution in [2.75, 3.05) is 44.3 Å². The molecule has 0 bridgehead atoms. The molecule has 0 aliphatic carbocycles. The number of piperazine rings is 1. The number of carbonyl (C=O) groups excluding carboxylic acids is 2. The molecule has 3 saturated heterocycles. The van der Waals surface area contributed by atoms with Crippen LogP contribution >= 0.6 is 0 Å². The molecule has 2 atom stereocenters. The maximum absolute atomic E-state index is 12.8. The highest BCUT2D eigenvalue weighted by Crippen LogP contribution is 2.28. The van der Waals surface area contributed by atoms with Gasteiger partial charge >= 0.3 is 6.09 Å². The molecule has 2 amide bonds. The minimum absolute atomic E-state index is 0.0304. The van der Waals surface area contributed by atoms with Crippen LogP contribution in [0.3, 0.4) is 0 Å². The van der Waals surface area contributed by atoms with E-state index in [1.54, 1.807) is 17.3 Å². The molecule has 4 rings (SSSR count). The zero-order valence-electron chi connectivity index (χ0n) is 14.9. The summed E-state index contributed by atoms with van der Waals surface area (Å²) in [6.07, 6.45) is 2.98. The summed E-state index contributed by atoms with van der Waals surface area (Å²) in [6.45, 7) is 2.24. The van der Waals surface area contributed by atoms with E-state index in [0.29, 0.717) is 26.2 Å². The summed E-state index contributed by atoms with van der Waals surface area (Å²) in [5, 5.41) is 0. The van der Waals surface area contributed by atoms with Gasteiger partial charge < -0.3 is 9.64 Å². The number of hydrogen-bond acceptors (Lipinski definition) is 7. The summed E-state index contributed by atoms with van der Waals surface area (Å²) in [7, 11) is -3.21.